The number of nitrogens with zero attached hydrogens (tertiary/aromatic N) is 3. The molecule has 0 aliphatic rings. The van der Waals surface area contributed by atoms with Gasteiger partial charge in [0.15, 0.2) is 5.69 Å². The number of halogens is 3. The van der Waals surface area contributed by atoms with Crippen molar-refractivity contribution in [2.45, 2.75) is 20.0 Å². The van der Waals surface area contributed by atoms with E-state index in [1.165, 1.54) is 11.1 Å². The van der Waals surface area contributed by atoms with Crippen molar-refractivity contribution in [3.8, 4) is 22.4 Å². The van der Waals surface area contributed by atoms with E-state index < -0.39 is 11.9 Å². The molecule has 0 atom stereocenters. The molecule has 0 saturated heterocycles. The van der Waals surface area contributed by atoms with E-state index >= 15 is 0 Å². The number of pyridine rings is 1. The molecular weight excluding hydrogens is 459 g/mol. The Morgan fingerprint density at radius 2 is 1.33 bits per heavy atom. The molecule has 0 unspecified atom stereocenters. The first-order valence-electron chi connectivity index (χ1n) is 11.5. The standard InChI is InChI=1S/C30H20F3N3/c1-17-11-18(2)13-22(12-17)29-25-7-4-21-14-19(3-6-23(21)24(25)9-10-34-29)20-5-8-26-27(15-20)35-16-28(36-26)30(31,32)33/h3-16H,1-2H3. The van der Waals surface area contributed by atoms with Crippen molar-refractivity contribution in [1.29, 1.82) is 0 Å². The van der Waals surface area contributed by atoms with Crippen molar-refractivity contribution in [1.82, 2.24) is 15.0 Å². The summed E-state index contributed by atoms with van der Waals surface area (Å²) in [4.78, 5) is 12.4. The Morgan fingerprint density at radius 1 is 0.611 bits per heavy atom. The molecule has 0 amide bonds. The van der Waals surface area contributed by atoms with Crippen molar-refractivity contribution >= 4 is 32.6 Å². The molecule has 0 radical (unpaired) electrons. The Kier molecular flexibility index (Phi) is 5.00. The average molecular weight is 480 g/mol. The zero-order valence-electron chi connectivity index (χ0n) is 19.6. The van der Waals surface area contributed by atoms with Crippen LogP contribution in [0.3, 0.4) is 0 Å². The van der Waals surface area contributed by atoms with E-state index in [-0.39, 0.29) is 5.52 Å². The molecule has 2 aromatic heterocycles. The number of aromatic nitrogens is 3. The summed E-state index contributed by atoms with van der Waals surface area (Å²) < 4.78 is 38.9. The number of benzene rings is 4. The van der Waals surface area contributed by atoms with E-state index in [0.717, 1.165) is 50.1 Å². The first-order valence-corrected chi connectivity index (χ1v) is 11.5. The molecule has 0 fully saturated rings. The zero-order valence-corrected chi connectivity index (χ0v) is 19.6. The molecule has 6 heteroatoms. The number of aryl methyl sites for hydroxylation is 2. The van der Waals surface area contributed by atoms with Crippen LogP contribution in [-0.4, -0.2) is 15.0 Å². The molecular formula is C30H20F3N3. The number of rotatable bonds is 2. The van der Waals surface area contributed by atoms with E-state index in [1.807, 2.05) is 18.3 Å². The Hall–Kier alpha value is -4.32. The molecule has 4 aromatic carbocycles. The van der Waals surface area contributed by atoms with E-state index in [0.29, 0.717) is 5.52 Å². The second kappa shape index (κ2) is 8.12. The highest BCUT2D eigenvalue weighted by Crippen LogP contribution is 2.35. The fourth-order valence-corrected chi connectivity index (χ4v) is 4.84. The van der Waals surface area contributed by atoms with Crippen LogP contribution < -0.4 is 0 Å². The van der Waals surface area contributed by atoms with Crippen molar-refractivity contribution < 1.29 is 13.2 Å². The molecule has 6 rings (SSSR count). The van der Waals surface area contributed by atoms with Crippen LogP contribution in [0.4, 0.5) is 13.2 Å². The van der Waals surface area contributed by atoms with Gasteiger partial charge in [0.2, 0.25) is 0 Å². The summed E-state index contributed by atoms with van der Waals surface area (Å²) in [5, 5.41) is 4.38. The SMILES string of the molecule is Cc1cc(C)cc(-c2nccc3c2ccc2cc(-c4ccc5nc(C(F)(F)F)cnc5c4)ccc23)c1. The van der Waals surface area contributed by atoms with Gasteiger partial charge in [-0.1, -0.05) is 47.5 Å². The number of fused-ring (bicyclic) bond motifs is 4. The monoisotopic (exact) mass is 479 g/mol. The zero-order chi connectivity index (χ0) is 25.0. The van der Waals surface area contributed by atoms with Gasteiger partial charge in [0.25, 0.3) is 0 Å². The van der Waals surface area contributed by atoms with Gasteiger partial charge < -0.3 is 0 Å². The third-order valence-electron chi connectivity index (χ3n) is 6.42. The largest absolute Gasteiger partial charge is 0.434 e. The Balaban J connectivity index is 1.45. The fourth-order valence-electron chi connectivity index (χ4n) is 4.84. The minimum atomic E-state index is -4.52. The molecule has 0 aliphatic carbocycles. The maximum absolute atomic E-state index is 13.0. The fraction of sp³-hybridized carbons (Fsp3) is 0.100. The number of hydrogen-bond acceptors (Lipinski definition) is 3. The average Bonchev–Trinajstić information content (AvgIpc) is 2.86. The summed E-state index contributed by atoms with van der Waals surface area (Å²) in [7, 11) is 0. The van der Waals surface area contributed by atoms with E-state index in [4.69, 9.17) is 4.98 Å². The van der Waals surface area contributed by atoms with Crippen molar-refractivity contribution in [2.75, 3.05) is 0 Å². The van der Waals surface area contributed by atoms with Crippen LogP contribution in [0.25, 0.3) is 55.0 Å². The Morgan fingerprint density at radius 3 is 2.11 bits per heavy atom. The molecule has 3 nitrogen and oxygen atoms in total. The summed E-state index contributed by atoms with van der Waals surface area (Å²) in [6.07, 6.45) is -1.89. The lowest BCUT2D eigenvalue weighted by Crippen LogP contribution is -2.08. The first kappa shape index (κ1) is 22.2. The Labute approximate surface area is 205 Å². The highest BCUT2D eigenvalue weighted by atomic mass is 19.4. The topological polar surface area (TPSA) is 38.7 Å². The molecule has 0 aliphatic heterocycles. The lowest BCUT2D eigenvalue weighted by molar-refractivity contribution is -0.141. The maximum atomic E-state index is 13.0. The predicted octanol–water partition coefficient (Wildman–Crippen LogP) is 8.30. The Bertz CT molecular complexity index is 1790. The molecule has 0 saturated carbocycles. The summed E-state index contributed by atoms with van der Waals surface area (Å²) in [6.45, 7) is 4.18. The van der Waals surface area contributed by atoms with Gasteiger partial charge in [-0.15, -0.1) is 0 Å². The molecule has 36 heavy (non-hydrogen) atoms. The minimum Gasteiger partial charge on any atom is -0.256 e. The molecule has 176 valence electrons. The van der Waals surface area contributed by atoms with Gasteiger partial charge in [-0.25, -0.2) is 4.98 Å². The molecule has 2 heterocycles. The predicted molar refractivity (Wildman–Crippen MR) is 138 cm³/mol. The highest BCUT2D eigenvalue weighted by molar-refractivity contribution is 6.12. The highest BCUT2D eigenvalue weighted by Gasteiger charge is 2.33. The van der Waals surface area contributed by atoms with Crippen LogP contribution in [-0.2, 0) is 6.18 Å². The van der Waals surface area contributed by atoms with Gasteiger partial charge in [0.1, 0.15) is 0 Å². The van der Waals surface area contributed by atoms with Crippen LogP contribution in [0.2, 0.25) is 0 Å². The van der Waals surface area contributed by atoms with Gasteiger partial charge in [0, 0.05) is 17.1 Å². The van der Waals surface area contributed by atoms with Gasteiger partial charge in [0.05, 0.1) is 22.9 Å². The van der Waals surface area contributed by atoms with Crippen LogP contribution in [0.5, 0.6) is 0 Å². The summed E-state index contributed by atoms with van der Waals surface area (Å²) >= 11 is 0. The minimum absolute atomic E-state index is 0.215. The van der Waals surface area contributed by atoms with E-state index in [1.54, 1.807) is 18.2 Å². The normalized spacial score (nSPS) is 12.0. The summed E-state index contributed by atoms with van der Waals surface area (Å²) in [5.74, 6) is 0. The van der Waals surface area contributed by atoms with Crippen LogP contribution >= 0.6 is 0 Å². The quantitative estimate of drug-likeness (QED) is 0.235. The molecule has 0 bridgehead atoms. The summed E-state index contributed by atoms with van der Waals surface area (Å²) in [6, 6.07) is 24.0. The van der Waals surface area contributed by atoms with Crippen LogP contribution in [0.1, 0.15) is 16.8 Å². The van der Waals surface area contributed by atoms with Crippen LogP contribution in [0, 0.1) is 13.8 Å². The van der Waals surface area contributed by atoms with Crippen LogP contribution in [0.15, 0.2) is 85.2 Å². The second-order valence-corrected chi connectivity index (χ2v) is 9.09. The van der Waals surface area contributed by atoms with E-state index in [9.17, 15) is 13.2 Å². The summed E-state index contributed by atoms with van der Waals surface area (Å²) in [5.41, 5.74) is 5.91. The van der Waals surface area contributed by atoms with E-state index in [2.05, 4.69) is 66.3 Å². The smallest absolute Gasteiger partial charge is 0.256 e. The van der Waals surface area contributed by atoms with Gasteiger partial charge in [-0.3, -0.25) is 9.97 Å². The first-order chi connectivity index (χ1) is 17.3. The third-order valence-corrected chi connectivity index (χ3v) is 6.42. The number of hydrogen-bond donors (Lipinski definition) is 0. The lowest BCUT2D eigenvalue weighted by Gasteiger charge is -2.12. The lowest BCUT2D eigenvalue weighted by atomic mass is 9.95. The van der Waals surface area contributed by atoms with Gasteiger partial charge in [-0.05, 0) is 77.5 Å². The number of alkyl halides is 3. The second-order valence-electron chi connectivity index (χ2n) is 9.09. The van der Waals surface area contributed by atoms with Crippen molar-refractivity contribution in [3.05, 3.63) is 102 Å². The third kappa shape index (κ3) is 3.85. The molecule has 0 spiro atoms. The van der Waals surface area contributed by atoms with Crippen molar-refractivity contribution in [2.24, 2.45) is 0 Å². The molecule has 6 aromatic rings. The van der Waals surface area contributed by atoms with Gasteiger partial charge in [-0.2, -0.15) is 13.2 Å². The maximum Gasteiger partial charge on any atom is 0.434 e. The van der Waals surface area contributed by atoms with Gasteiger partial charge >= 0.3 is 6.18 Å². The molecule has 0 N–H and O–H groups in total. The van der Waals surface area contributed by atoms with Crippen molar-refractivity contribution in [3.63, 3.8) is 0 Å².